The summed E-state index contributed by atoms with van der Waals surface area (Å²) in [5, 5.41) is 160. The lowest BCUT2D eigenvalue weighted by atomic mass is 9.29. The van der Waals surface area contributed by atoms with E-state index in [0.29, 0.717) is 0 Å². The van der Waals surface area contributed by atoms with Gasteiger partial charge in [-0.3, -0.25) is 0 Å². The van der Waals surface area contributed by atoms with Crippen molar-refractivity contribution in [2.24, 2.45) is 27.4 Å². The Labute approximate surface area is 170 Å². The number of hydrogen-bond donors (Lipinski definition) is 16. The molecule has 16 nitrogen and oxygen atoms in total. The van der Waals surface area contributed by atoms with Crippen LogP contribution in [0.25, 0.3) is 0 Å². The quantitative estimate of drug-likeness (QED) is 0.162. The maximum atomic E-state index is 11.1. The third-order valence-electron chi connectivity index (χ3n) is 9.72. The second-order valence-electron chi connectivity index (χ2n) is 9.88. The lowest BCUT2D eigenvalue weighted by Crippen LogP contribution is -3.01. The summed E-state index contributed by atoms with van der Waals surface area (Å²) in [5.41, 5.74) is -16.2. The maximum absolute atomic E-state index is 11.1. The fourth-order valence-electron chi connectivity index (χ4n) is 8.60. The van der Waals surface area contributed by atoms with Gasteiger partial charge in [-0.05, 0) is 6.92 Å². The van der Waals surface area contributed by atoms with Crippen LogP contribution >= 0.6 is 0 Å². The van der Waals surface area contributed by atoms with Crippen LogP contribution in [0.5, 0.6) is 0 Å². The minimum Gasteiger partial charge on any atom is -0.389 e. The molecule has 0 aromatic rings. The van der Waals surface area contributed by atoms with Crippen molar-refractivity contribution < 1.29 is 76.6 Å². The van der Waals surface area contributed by atoms with Crippen LogP contribution in [-0.4, -0.2) is 129 Å². The van der Waals surface area contributed by atoms with E-state index in [1.807, 2.05) is 0 Å². The molecule has 7 unspecified atom stereocenters. The molecule has 0 radical (unpaired) electrons. The second kappa shape index (κ2) is 4.16. The third-order valence-corrected chi connectivity index (χ3v) is 9.72. The smallest absolute Gasteiger partial charge is 0.292 e. The van der Waals surface area contributed by atoms with Crippen LogP contribution in [0.1, 0.15) is 13.3 Å². The Morgan fingerprint density at radius 1 is 0.742 bits per heavy atom. The van der Waals surface area contributed by atoms with E-state index in [9.17, 15) is 76.6 Å². The Kier molecular flexibility index (Phi) is 2.97. The minimum atomic E-state index is -4.73. The van der Waals surface area contributed by atoms with Crippen molar-refractivity contribution in [3.05, 3.63) is 0 Å². The van der Waals surface area contributed by atoms with Gasteiger partial charge in [0.2, 0.25) is 11.6 Å². The summed E-state index contributed by atoms with van der Waals surface area (Å²) in [7, 11) is 0. The van der Waals surface area contributed by atoms with E-state index in [4.69, 9.17) is 5.73 Å². The molecule has 5 aliphatic carbocycles. The van der Waals surface area contributed by atoms with Gasteiger partial charge in [0.05, 0.1) is 10.8 Å². The highest BCUT2D eigenvalue weighted by atomic mass is 16.7. The lowest BCUT2D eigenvalue weighted by molar-refractivity contribution is -0.582. The molecule has 0 heterocycles. The highest BCUT2D eigenvalue weighted by Crippen LogP contribution is 3.02. The summed E-state index contributed by atoms with van der Waals surface area (Å²) in [5.74, 6) is -25.5. The molecule has 17 N–H and O–H groups in total. The summed E-state index contributed by atoms with van der Waals surface area (Å²) in [6.45, 7) is 0.236. The third kappa shape index (κ3) is 1.10. The lowest BCUT2D eigenvalue weighted by Gasteiger charge is -2.78. The van der Waals surface area contributed by atoms with Gasteiger partial charge in [0.1, 0.15) is 17.1 Å². The fraction of sp³-hybridized carbons (Fsp3) is 1.00. The first-order valence-electron chi connectivity index (χ1n) is 8.96. The molecule has 2 spiro atoms. The standard InChI is InChI=1S/C15H23NO15/c1-4-11(21,22)5(2-6(18,19)9(5,12(4,23)24)15(29,30)31)7-3(17)8(7,20)14(27,28)10(7,16)13(4,25)26/h3,17-31H,2,16H2,1H3. The normalized spacial score (nSPS) is 60.1. The van der Waals surface area contributed by atoms with E-state index in [1.54, 1.807) is 0 Å². The predicted molar refractivity (Wildman–Crippen MR) is 83.1 cm³/mol. The van der Waals surface area contributed by atoms with Crippen LogP contribution in [0.4, 0.5) is 0 Å². The maximum Gasteiger partial charge on any atom is 0.292 e. The highest BCUT2D eigenvalue weighted by Gasteiger charge is 3.24. The summed E-state index contributed by atoms with van der Waals surface area (Å²) in [4.78, 5) is 0. The fourth-order valence-corrected chi connectivity index (χ4v) is 8.60. The molecule has 0 saturated heterocycles. The van der Waals surface area contributed by atoms with Crippen LogP contribution in [0.15, 0.2) is 0 Å². The summed E-state index contributed by atoms with van der Waals surface area (Å²) in [6, 6.07) is 0. The number of hydrogen-bond acceptors (Lipinski definition) is 16. The summed E-state index contributed by atoms with van der Waals surface area (Å²) >= 11 is 0. The van der Waals surface area contributed by atoms with Gasteiger partial charge in [-0.2, -0.15) is 0 Å². The average molecular weight is 457 g/mol. The molecule has 7 atom stereocenters. The molecule has 0 aromatic carbocycles. The van der Waals surface area contributed by atoms with E-state index < -0.39 is 80.2 Å². The number of fused-ring (bicyclic) bond motifs is 1. The Morgan fingerprint density at radius 2 is 1.19 bits per heavy atom. The van der Waals surface area contributed by atoms with E-state index in [1.165, 1.54) is 0 Å². The van der Waals surface area contributed by atoms with Gasteiger partial charge in [-0.25, -0.2) is 0 Å². The van der Waals surface area contributed by atoms with E-state index in [0.717, 1.165) is 0 Å². The average Bonchev–Trinajstić information content (AvgIpc) is 3.00. The van der Waals surface area contributed by atoms with Crippen molar-refractivity contribution in [2.45, 2.75) is 65.5 Å². The first kappa shape index (κ1) is 22.2. The zero-order valence-electron chi connectivity index (χ0n) is 15.6. The van der Waals surface area contributed by atoms with Gasteiger partial charge < -0.3 is 82.3 Å². The molecule has 0 amide bonds. The first-order chi connectivity index (χ1) is 13.4. The van der Waals surface area contributed by atoms with Gasteiger partial charge >= 0.3 is 0 Å². The Morgan fingerprint density at radius 3 is 1.55 bits per heavy atom. The van der Waals surface area contributed by atoms with Crippen LogP contribution in [0.2, 0.25) is 0 Å². The molecule has 0 aliphatic heterocycles. The molecule has 0 aromatic heterocycles. The van der Waals surface area contributed by atoms with Crippen molar-refractivity contribution >= 4 is 0 Å². The Balaban J connectivity index is 2.07. The minimum absolute atomic E-state index is 0.236. The van der Waals surface area contributed by atoms with Crippen LogP contribution < -0.4 is 5.73 Å². The molecule has 5 saturated carbocycles. The SMILES string of the molecule is CC12C(O)(O)C3(N)C(O)(O)C4(O)C(O)C43C3(CC(O)(O)C3(C(O)(O)O)C1(O)O)C2(O)O. The zero-order chi connectivity index (χ0) is 24.3. The monoisotopic (exact) mass is 457 g/mol. The van der Waals surface area contributed by atoms with E-state index >= 15 is 0 Å². The van der Waals surface area contributed by atoms with Gasteiger partial charge in [-0.1, -0.05) is 0 Å². The van der Waals surface area contributed by atoms with E-state index in [2.05, 4.69) is 0 Å². The molecule has 5 fully saturated rings. The van der Waals surface area contributed by atoms with Gasteiger partial charge in [0, 0.05) is 6.42 Å². The Hall–Kier alpha value is -0.640. The molecule has 31 heavy (non-hydrogen) atoms. The Bertz CT molecular complexity index is 944. The molecule has 2 bridgehead atoms. The predicted octanol–water partition coefficient (Wildman–Crippen LogP) is -9.77. The molecule has 16 heteroatoms. The topological polar surface area (TPSA) is 329 Å². The van der Waals surface area contributed by atoms with Crippen molar-refractivity contribution in [1.29, 1.82) is 0 Å². The summed E-state index contributed by atoms with van der Waals surface area (Å²) < 4.78 is 0. The van der Waals surface area contributed by atoms with Crippen molar-refractivity contribution in [1.82, 2.24) is 0 Å². The summed E-state index contributed by atoms with van der Waals surface area (Å²) in [6.07, 6.45) is -4.31. The zero-order valence-corrected chi connectivity index (χ0v) is 15.6. The van der Waals surface area contributed by atoms with Gasteiger partial charge in [-0.15, -0.1) is 0 Å². The number of aliphatic hydroxyl groups is 15. The van der Waals surface area contributed by atoms with Crippen LogP contribution in [-0.2, 0) is 0 Å². The van der Waals surface area contributed by atoms with Gasteiger partial charge in [0.25, 0.3) is 5.97 Å². The number of nitrogens with two attached hydrogens (primary N) is 1. The number of rotatable bonds is 1. The molecule has 5 aliphatic rings. The van der Waals surface area contributed by atoms with Gasteiger partial charge in [0.15, 0.2) is 28.4 Å². The van der Waals surface area contributed by atoms with E-state index in [-0.39, 0.29) is 6.92 Å². The highest BCUT2D eigenvalue weighted by molar-refractivity contribution is 5.66. The van der Waals surface area contributed by atoms with Crippen LogP contribution in [0, 0.1) is 21.7 Å². The first-order valence-corrected chi connectivity index (χ1v) is 8.96. The second-order valence-corrected chi connectivity index (χ2v) is 9.88. The molecule has 5 rings (SSSR count). The molecular formula is C15H23NO15. The molecular weight excluding hydrogens is 434 g/mol. The molecule has 178 valence electrons. The number of aliphatic hydroxyl groups excluding tert-OH is 1. The van der Waals surface area contributed by atoms with Crippen LogP contribution in [0.3, 0.4) is 0 Å². The largest absolute Gasteiger partial charge is 0.389 e. The van der Waals surface area contributed by atoms with Crippen molar-refractivity contribution in [3.8, 4) is 0 Å². The van der Waals surface area contributed by atoms with Crippen molar-refractivity contribution in [3.63, 3.8) is 0 Å². The van der Waals surface area contributed by atoms with Crippen molar-refractivity contribution in [2.75, 3.05) is 0 Å².